The van der Waals surface area contributed by atoms with E-state index in [2.05, 4.69) is 11.8 Å². The van der Waals surface area contributed by atoms with E-state index in [-0.39, 0.29) is 0 Å². The molecule has 1 aromatic carbocycles. The molecule has 0 amide bonds. The number of nitrogens with zero attached hydrogens (tertiary/aromatic N) is 1. The van der Waals surface area contributed by atoms with Crippen LogP contribution in [-0.4, -0.2) is 41.8 Å². The Labute approximate surface area is 127 Å². The first-order valence-corrected chi connectivity index (χ1v) is 8.06. The molecular weight excluding hydrogens is 264 g/mol. The lowest BCUT2D eigenvalue weighted by molar-refractivity contribution is 0.0648. The molecule has 1 atom stereocenters. The van der Waals surface area contributed by atoms with Crippen molar-refractivity contribution in [2.75, 3.05) is 19.7 Å². The Bertz CT molecular complexity index is 421. The highest BCUT2D eigenvalue weighted by atomic mass is 16.5. The topological polar surface area (TPSA) is 58.7 Å². The fourth-order valence-electron chi connectivity index (χ4n) is 2.50. The summed E-state index contributed by atoms with van der Waals surface area (Å²) in [5.41, 5.74) is 6.66. The molecule has 0 bridgehead atoms. The van der Waals surface area contributed by atoms with Crippen LogP contribution in [0.3, 0.4) is 0 Å². The number of ether oxygens (including phenoxy) is 1. The van der Waals surface area contributed by atoms with Gasteiger partial charge in [0.05, 0.1) is 0 Å². The zero-order valence-electron chi connectivity index (χ0n) is 13.0. The average Bonchev–Trinajstić information content (AvgIpc) is 3.34. The van der Waals surface area contributed by atoms with Crippen molar-refractivity contribution in [1.29, 1.82) is 0 Å². The molecule has 1 fully saturated rings. The van der Waals surface area contributed by atoms with Gasteiger partial charge in [-0.15, -0.1) is 0 Å². The van der Waals surface area contributed by atoms with Crippen LogP contribution in [0.15, 0.2) is 24.3 Å². The van der Waals surface area contributed by atoms with Crippen LogP contribution < -0.4 is 10.5 Å². The van der Waals surface area contributed by atoms with Crippen molar-refractivity contribution < 1.29 is 9.84 Å². The number of hydrogen-bond donors (Lipinski definition) is 2. The van der Waals surface area contributed by atoms with E-state index in [4.69, 9.17) is 10.5 Å². The maximum absolute atomic E-state index is 10.2. The van der Waals surface area contributed by atoms with Gasteiger partial charge >= 0.3 is 0 Å². The number of rotatable bonds is 10. The van der Waals surface area contributed by atoms with E-state index in [1.54, 1.807) is 0 Å². The van der Waals surface area contributed by atoms with Gasteiger partial charge in [0.15, 0.2) is 0 Å². The Balaban J connectivity index is 1.76. The maximum Gasteiger partial charge on any atom is 0.119 e. The number of hydrogen-bond acceptors (Lipinski definition) is 4. The minimum atomic E-state index is -0.441. The van der Waals surface area contributed by atoms with Crippen LogP contribution in [0, 0.1) is 0 Å². The van der Waals surface area contributed by atoms with Gasteiger partial charge in [0.25, 0.3) is 0 Å². The van der Waals surface area contributed by atoms with E-state index in [1.165, 1.54) is 25.7 Å². The van der Waals surface area contributed by atoms with Crippen LogP contribution in [0.1, 0.15) is 38.2 Å². The summed E-state index contributed by atoms with van der Waals surface area (Å²) >= 11 is 0. The monoisotopic (exact) mass is 292 g/mol. The number of nitrogens with two attached hydrogens (primary N) is 1. The van der Waals surface area contributed by atoms with Crippen LogP contribution in [0.2, 0.25) is 0 Å². The van der Waals surface area contributed by atoms with E-state index in [9.17, 15) is 5.11 Å². The SMILES string of the molecule is CCCCN(CC(O)COc1cccc(CN)c1)C1CC1. The van der Waals surface area contributed by atoms with Crippen LogP contribution in [0.5, 0.6) is 5.75 Å². The number of unbranched alkanes of at least 4 members (excludes halogenated alkanes) is 1. The van der Waals surface area contributed by atoms with Crippen molar-refractivity contribution in [2.24, 2.45) is 5.73 Å². The Kier molecular flexibility index (Phi) is 6.49. The highest BCUT2D eigenvalue weighted by Crippen LogP contribution is 2.27. The Morgan fingerprint density at radius 1 is 1.43 bits per heavy atom. The first kappa shape index (κ1) is 16.3. The third-order valence-electron chi connectivity index (χ3n) is 3.88. The predicted octanol–water partition coefficient (Wildman–Crippen LogP) is 2.15. The molecule has 0 spiro atoms. The largest absolute Gasteiger partial charge is 0.491 e. The van der Waals surface area contributed by atoms with Crippen molar-refractivity contribution in [3.05, 3.63) is 29.8 Å². The summed E-state index contributed by atoms with van der Waals surface area (Å²) in [4.78, 5) is 2.41. The van der Waals surface area contributed by atoms with Gasteiger partial charge in [0.2, 0.25) is 0 Å². The van der Waals surface area contributed by atoms with Crippen molar-refractivity contribution >= 4 is 0 Å². The van der Waals surface area contributed by atoms with Crippen molar-refractivity contribution in [1.82, 2.24) is 4.90 Å². The molecule has 4 nitrogen and oxygen atoms in total. The standard InChI is InChI=1S/C17H28N2O2/c1-2-3-9-19(15-7-8-15)12-16(20)13-21-17-6-4-5-14(10-17)11-18/h4-6,10,15-16,20H,2-3,7-9,11-13,18H2,1H3. The summed E-state index contributed by atoms with van der Waals surface area (Å²) in [6.07, 6.45) is 4.50. The predicted molar refractivity (Wildman–Crippen MR) is 85.3 cm³/mol. The van der Waals surface area contributed by atoms with Crippen molar-refractivity contribution in [2.45, 2.75) is 51.3 Å². The summed E-state index contributed by atoms with van der Waals surface area (Å²) < 4.78 is 5.68. The first-order valence-electron chi connectivity index (χ1n) is 8.06. The zero-order valence-corrected chi connectivity index (χ0v) is 13.0. The van der Waals surface area contributed by atoms with E-state index < -0.39 is 6.10 Å². The summed E-state index contributed by atoms with van der Waals surface area (Å²) in [6, 6.07) is 8.43. The molecule has 1 aliphatic carbocycles. The van der Waals surface area contributed by atoms with Gasteiger partial charge in [-0.1, -0.05) is 25.5 Å². The second-order valence-corrected chi connectivity index (χ2v) is 5.90. The molecule has 1 saturated carbocycles. The first-order chi connectivity index (χ1) is 10.2. The molecular formula is C17H28N2O2. The minimum absolute atomic E-state index is 0.337. The highest BCUT2D eigenvalue weighted by molar-refractivity contribution is 5.28. The molecule has 118 valence electrons. The second kappa shape index (κ2) is 8.37. The van der Waals surface area contributed by atoms with Gasteiger partial charge in [-0.3, -0.25) is 4.90 Å². The third kappa shape index (κ3) is 5.65. The van der Waals surface area contributed by atoms with Crippen LogP contribution in [-0.2, 0) is 6.54 Å². The van der Waals surface area contributed by atoms with E-state index >= 15 is 0 Å². The molecule has 3 N–H and O–H groups in total. The van der Waals surface area contributed by atoms with Gasteiger partial charge in [0, 0.05) is 19.1 Å². The summed E-state index contributed by atoms with van der Waals surface area (Å²) in [6.45, 7) is 4.84. The fraction of sp³-hybridized carbons (Fsp3) is 0.647. The fourth-order valence-corrected chi connectivity index (χ4v) is 2.50. The lowest BCUT2D eigenvalue weighted by Crippen LogP contribution is -2.37. The van der Waals surface area contributed by atoms with Crippen molar-refractivity contribution in [3.63, 3.8) is 0 Å². The van der Waals surface area contributed by atoms with E-state index in [1.807, 2.05) is 24.3 Å². The van der Waals surface area contributed by atoms with Gasteiger partial charge < -0.3 is 15.6 Å². The quantitative estimate of drug-likeness (QED) is 0.694. The molecule has 4 heteroatoms. The van der Waals surface area contributed by atoms with Gasteiger partial charge in [-0.25, -0.2) is 0 Å². The summed E-state index contributed by atoms with van der Waals surface area (Å²) in [7, 11) is 0. The Morgan fingerprint density at radius 2 is 2.24 bits per heavy atom. The lowest BCUT2D eigenvalue weighted by atomic mass is 10.2. The number of aliphatic hydroxyl groups is 1. The maximum atomic E-state index is 10.2. The van der Waals surface area contributed by atoms with Crippen LogP contribution in [0.25, 0.3) is 0 Å². The average molecular weight is 292 g/mol. The van der Waals surface area contributed by atoms with Crippen LogP contribution >= 0.6 is 0 Å². The Morgan fingerprint density at radius 3 is 2.90 bits per heavy atom. The highest BCUT2D eigenvalue weighted by Gasteiger charge is 2.29. The molecule has 1 unspecified atom stereocenters. The molecule has 2 rings (SSSR count). The summed E-state index contributed by atoms with van der Waals surface area (Å²) in [5, 5.41) is 10.2. The normalized spacial score (nSPS) is 16.2. The molecule has 0 aliphatic heterocycles. The summed E-state index contributed by atoms with van der Waals surface area (Å²) in [5.74, 6) is 0.781. The molecule has 0 aromatic heterocycles. The molecule has 1 aromatic rings. The number of benzene rings is 1. The Hall–Kier alpha value is -1.10. The van der Waals surface area contributed by atoms with Crippen molar-refractivity contribution in [3.8, 4) is 5.75 Å². The van der Waals surface area contributed by atoms with Gasteiger partial charge in [0.1, 0.15) is 18.5 Å². The third-order valence-corrected chi connectivity index (χ3v) is 3.88. The molecule has 0 saturated heterocycles. The van der Waals surface area contributed by atoms with Crippen LogP contribution in [0.4, 0.5) is 0 Å². The van der Waals surface area contributed by atoms with Gasteiger partial charge in [-0.2, -0.15) is 0 Å². The van der Waals surface area contributed by atoms with Gasteiger partial charge in [-0.05, 0) is 43.5 Å². The smallest absolute Gasteiger partial charge is 0.119 e. The number of aliphatic hydroxyl groups excluding tert-OH is 1. The minimum Gasteiger partial charge on any atom is -0.491 e. The molecule has 0 heterocycles. The second-order valence-electron chi connectivity index (χ2n) is 5.90. The van der Waals surface area contributed by atoms with E-state index in [0.717, 1.165) is 17.9 Å². The van der Waals surface area contributed by atoms with E-state index in [0.29, 0.717) is 25.7 Å². The molecule has 1 aliphatic rings. The molecule has 21 heavy (non-hydrogen) atoms. The molecule has 0 radical (unpaired) electrons. The lowest BCUT2D eigenvalue weighted by Gasteiger charge is -2.24. The zero-order chi connectivity index (χ0) is 15.1.